The Hall–Kier alpha value is -3.55. The van der Waals surface area contributed by atoms with Crippen molar-refractivity contribution in [3.8, 4) is 11.1 Å². The molecule has 8 heteroatoms. The summed E-state index contributed by atoms with van der Waals surface area (Å²) in [7, 11) is 0. The fourth-order valence-corrected chi connectivity index (χ4v) is 4.39. The highest BCUT2D eigenvalue weighted by atomic mass is 19.1. The van der Waals surface area contributed by atoms with Crippen LogP contribution in [0, 0.1) is 33.5 Å². The summed E-state index contributed by atoms with van der Waals surface area (Å²) in [6.45, 7) is 11.3. The van der Waals surface area contributed by atoms with Crippen molar-refractivity contribution < 1.29 is 4.39 Å². The molecular weight excluding hydrogens is 405 g/mol. The van der Waals surface area contributed by atoms with E-state index < -0.39 is 0 Å². The zero-order valence-electron chi connectivity index (χ0n) is 18.8. The fourth-order valence-electron chi connectivity index (χ4n) is 4.39. The second-order valence-corrected chi connectivity index (χ2v) is 8.38. The summed E-state index contributed by atoms with van der Waals surface area (Å²) in [6.07, 6.45) is 0. The summed E-state index contributed by atoms with van der Waals surface area (Å²) in [4.78, 5) is 18.6. The first-order valence-corrected chi connectivity index (χ1v) is 10.8. The fraction of sp³-hybridized carbons (Fsp3) is 0.333. The van der Waals surface area contributed by atoms with Gasteiger partial charge >= 0.3 is 0 Å². The molecule has 0 unspecified atom stereocenters. The first-order valence-electron chi connectivity index (χ1n) is 10.8. The number of aryl methyl sites for hydroxylation is 4. The minimum absolute atomic E-state index is 0.252. The molecule has 1 aliphatic rings. The zero-order valence-corrected chi connectivity index (χ0v) is 18.8. The molecule has 3 aromatic heterocycles. The van der Waals surface area contributed by atoms with E-state index in [4.69, 9.17) is 10.1 Å². The Balaban J connectivity index is 1.47. The van der Waals surface area contributed by atoms with Crippen molar-refractivity contribution in [1.29, 1.82) is 0 Å². The molecular formula is C24H26FN7. The molecule has 1 aliphatic heterocycles. The number of hydrogen-bond donors (Lipinski definition) is 0. The maximum Gasteiger partial charge on any atom is 0.225 e. The topological polar surface area (TPSA) is 62.5 Å². The van der Waals surface area contributed by atoms with Crippen LogP contribution in [0.5, 0.6) is 0 Å². The van der Waals surface area contributed by atoms with E-state index in [1.165, 1.54) is 12.1 Å². The van der Waals surface area contributed by atoms with Gasteiger partial charge in [0.05, 0.1) is 5.69 Å². The average molecular weight is 432 g/mol. The highest BCUT2D eigenvalue weighted by Crippen LogP contribution is 2.31. The zero-order chi connectivity index (χ0) is 22.4. The number of rotatable bonds is 3. The summed E-state index contributed by atoms with van der Waals surface area (Å²) in [5.41, 5.74) is 6.43. The van der Waals surface area contributed by atoms with E-state index in [-0.39, 0.29) is 5.82 Å². The lowest BCUT2D eigenvalue weighted by Gasteiger charge is -2.36. The second kappa shape index (κ2) is 7.85. The Bertz CT molecular complexity index is 1270. The van der Waals surface area contributed by atoms with Crippen LogP contribution in [0.15, 0.2) is 36.4 Å². The van der Waals surface area contributed by atoms with Gasteiger partial charge in [0.1, 0.15) is 11.6 Å². The summed E-state index contributed by atoms with van der Waals surface area (Å²) in [5.74, 6) is 1.56. The van der Waals surface area contributed by atoms with Crippen molar-refractivity contribution in [3.05, 3.63) is 65.0 Å². The van der Waals surface area contributed by atoms with E-state index in [0.29, 0.717) is 0 Å². The molecule has 0 bridgehead atoms. The molecule has 1 fully saturated rings. The third kappa shape index (κ3) is 3.66. The van der Waals surface area contributed by atoms with Crippen LogP contribution in [-0.2, 0) is 0 Å². The first kappa shape index (κ1) is 20.4. The summed E-state index contributed by atoms with van der Waals surface area (Å²) >= 11 is 0. The maximum absolute atomic E-state index is 13.5. The lowest BCUT2D eigenvalue weighted by molar-refractivity contribution is 0.625. The van der Waals surface area contributed by atoms with Gasteiger partial charge in [-0.15, -0.1) is 0 Å². The number of anilines is 2. The third-order valence-electron chi connectivity index (χ3n) is 5.86. The van der Waals surface area contributed by atoms with Crippen LogP contribution in [0.3, 0.4) is 0 Å². The molecule has 0 spiro atoms. The standard InChI is InChI=1S/C24H26FN7/c1-15-13-16(2)28-24(27-15)31-11-9-30(10-12-31)21-14-17(3)26-23-22(18(4)29-32(21)23)19-5-7-20(25)8-6-19/h5-8,13-14H,9-12H2,1-4H3. The first-order chi connectivity index (χ1) is 15.4. The van der Waals surface area contributed by atoms with Crippen LogP contribution in [0.4, 0.5) is 16.2 Å². The molecule has 32 heavy (non-hydrogen) atoms. The minimum atomic E-state index is -0.252. The van der Waals surface area contributed by atoms with Crippen LogP contribution >= 0.6 is 0 Å². The molecule has 5 rings (SSSR count). The van der Waals surface area contributed by atoms with Crippen LogP contribution in [0.2, 0.25) is 0 Å². The van der Waals surface area contributed by atoms with Gasteiger partial charge in [-0.2, -0.15) is 9.61 Å². The monoisotopic (exact) mass is 431 g/mol. The average Bonchev–Trinajstić information content (AvgIpc) is 3.09. The summed E-state index contributed by atoms with van der Waals surface area (Å²) in [6, 6.07) is 10.6. The predicted octanol–water partition coefficient (Wildman–Crippen LogP) is 3.89. The van der Waals surface area contributed by atoms with Crippen molar-refractivity contribution >= 4 is 17.4 Å². The quantitative estimate of drug-likeness (QED) is 0.491. The SMILES string of the molecule is Cc1cc(C)nc(N2CCN(c3cc(C)nc4c(-c5ccc(F)cc5)c(C)nn34)CC2)n1. The molecule has 0 amide bonds. The number of aromatic nitrogens is 5. The molecule has 0 N–H and O–H groups in total. The number of hydrogen-bond acceptors (Lipinski definition) is 6. The van der Waals surface area contributed by atoms with Gasteiger partial charge in [0.2, 0.25) is 5.95 Å². The molecule has 4 heterocycles. The molecule has 0 radical (unpaired) electrons. The molecule has 0 atom stereocenters. The molecule has 1 saturated heterocycles. The van der Waals surface area contributed by atoms with Gasteiger partial charge < -0.3 is 9.80 Å². The largest absolute Gasteiger partial charge is 0.353 e. The van der Waals surface area contributed by atoms with E-state index in [1.54, 1.807) is 12.1 Å². The van der Waals surface area contributed by atoms with Gasteiger partial charge in [-0.3, -0.25) is 0 Å². The third-order valence-corrected chi connectivity index (χ3v) is 5.86. The Morgan fingerprint density at radius 3 is 2.00 bits per heavy atom. The van der Waals surface area contributed by atoms with Crippen LogP contribution in [0.25, 0.3) is 16.8 Å². The van der Waals surface area contributed by atoms with Crippen molar-refractivity contribution in [1.82, 2.24) is 24.6 Å². The second-order valence-electron chi connectivity index (χ2n) is 8.38. The Labute approximate surface area is 186 Å². The molecule has 1 aromatic carbocycles. The van der Waals surface area contributed by atoms with E-state index in [0.717, 1.165) is 77.5 Å². The Morgan fingerprint density at radius 1 is 0.750 bits per heavy atom. The van der Waals surface area contributed by atoms with E-state index >= 15 is 0 Å². The molecule has 0 aliphatic carbocycles. The molecule has 164 valence electrons. The van der Waals surface area contributed by atoms with Crippen molar-refractivity contribution in [3.63, 3.8) is 0 Å². The summed E-state index contributed by atoms with van der Waals surface area (Å²) < 4.78 is 15.4. The van der Waals surface area contributed by atoms with E-state index in [1.807, 2.05) is 38.3 Å². The number of benzene rings is 1. The predicted molar refractivity (Wildman–Crippen MR) is 124 cm³/mol. The summed E-state index contributed by atoms with van der Waals surface area (Å²) in [5, 5.41) is 4.81. The molecule has 0 saturated carbocycles. The van der Waals surface area contributed by atoms with Crippen LogP contribution < -0.4 is 9.80 Å². The Kier molecular flexibility index (Phi) is 5.00. The van der Waals surface area contributed by atoms with Crippen LogP contribution in [-0.4, -0.2) is 50.7 Å². The highest BCUT2D eigenvalue weighted by molar-refractivity contribution is 5.81. The van der Waals surface area contributed by atoms with Gasteiger partial charge in [-0.25, -0.2) is 19.3 Å². The van der Waals surface area contributed by atoms with Crippen molar-refractivity contribution in [2.24, 2.45) is 0 Å². The number of nitrogens with zero attached hydrogens (tertiary/aromatic N) is 7. The van der Waals surface area contributed by atoms with E-state index in [9.17, 15) is 4.39 Å². The lowest BCUT2D eigenvalue weighted by atomic mass is 10.1. The van der Waals surface area contributed by atoms with Gasteiger partial charge in [0, 0.05) is 54.9 Å². The van der Waals surface area contributed by atoms with Gasteiger partial charge in [-0.05, 0) is 51.5 Å². The number of fused-ring (bicyclic) bond motifs is 1. The van der Waals surface area contributed by atoms with E-state index in [2.05, 4.69) is 25.8 Å². The van der Waals surface area contributed by atoms with Crippen LogP contribution in [0.1, 0.15) is 22.8 Å². The van der Waals surface area contributed by atoms with Gasteiger partial charge in [0.15, 0.2) is 5.65 Å². The minimum Gasteiger partial charge on any atom is -0.353 e. The number of piperazine rings is 1. The van der Waals surface area contributed by atoms with Gasteiger partial charge in [0.25, 0.3) is 0 Å². The normalized spacial score (nSPS) is 14.4. The molecule has 4 aromatic rings. The Morgan fingerprint density at radius 2 is 1.34 bits per heavy atom. The van der Waals surface area contributed by atoms with Crippen molar-refractivity contribution in [2.75, 3.05) is 36.0 Å². The molecule has 7 nitrogen and oxygen atoms in total. The van der Waals surface area contributed by atoms with Gasteiger partial charge in [-0.1, -0.05) is 12.1 Å². The smallest absolute Gasteiger partial charge is 0.225 e. The maximum atomic E-state index is 13.5. The lowest BCUT2D eigenvalue weighted by Crippen LogP contribution is -2.47. The van der Waals surface area contributed by atoms with Crippen molar-refractivity contribution in [2.45, 2.75) is 27.7 Å². The highest BCUT2D eigenvalue weighted by Gasteiger charge is 2.24. The number of halogens is 1.